The second kappa shape index (κ2) is 26.6. The van der Waals surface area contributed by atoms with Crippen LogP contribution in [-0.2, 0) is 47.7 Å². The van der Waals surface area contributed by atoms with Gasteiger partial charge in [0.15, 0.2) is 0 Å². The molecular weight excluding hydrogens is 859 g/mol. The summed E-state index contributed by atoms with van der Waals surface area (Å²) in [6.45, 7) is 14.8. The summed E-state index contributed by atoms with van der Waals surface area (Å²) in [5.41, 5.74) is 1.38. The third-order valence-corrected chi connectivity index (χ3v) is 15.0. The number of hydrogen-bond donors (Lipinski definition) is 3. The molecule has 2 bridgehead atoms. The van der Waals surface area contributed by atoms with Crippen LogP contribution in [0.5, 0.6) is 0 Å². The van der Waals surface area contributed by atoms with Crippen LogP contribution < -0.4 is 0 Å². The highest BCUT2D eigenvalue weighted by Gasteiger charge is 2.53. The van der Waals surface area contributed by atoms with Gasteiger partial charge in [-0.25, -0.2) is 4.79 Å². The third-order valence-electron chi connectivity index (χ3n) is 15.0. The van der Waals surface area contributed by atoms with Gasteiger partial charge >= 0.3 is 5.97 Å². The molecule has 4 aliphatic rings. The fraction of sp³-hybridized carbons (Fsp3) is 0.755. The van der Waals surface area contributed by atoms with E-state index in [9.17, 15) is 39.3 Å². The Kier molecular flexibility index (Phi) is 22.3. The Hall–Kier alpha value is -3.37. The molecule has 3 heterocycles. The number of nitrogens with zero attached hydrogens (tertiary/aromatic N) is 1. The van der Waals surface area contributed by atoms with E-state index in [0.717, 1.165) is 12.0 Å². The molecule has 14 nitrogen and oxygen atoms in total. The molecule has 0 radical (unpaired) electrons. The van der Waals surface area contributed by atoms with E-state index in [1.54, 1.807) is 48.0 Å². The molecule has 15 atom stereocenters. The summed E-state index contributed by atoms with van der Waals surface area (Å²) in [7, 11) is 3.22. The Morgan fingerprint density at radius 1 is 0.866 bits per heavy atom. The zero-order valence-corrected chi connectivity index (χ0v) is 42.0. The Balaban J connectivity index is 1.68. The molecule has 0 aromatic carbocycles. The van der Waals surface area contributed by atoms with Crippen molar-refractivity contribution in [2.24, 2.45) is 41.4 Å². The summed E-state index contributed by atoms with van der Waals surface area (Å²) in [4.78, 5) is 72.0. The number of methoxy groups -OCH3 is 2. The van der Waals surface area contributed by atoms with Gasteiger partial charge in [0.05, 0.1) is 43.7 Å². The van der Waals surface area contributed by atoms with Crippen molar-refractivity contribution in [3.8, 4) is 0 Å². The van der Waals surface area contributed by atoms with Crippen molar-refractivity contribution < 1.29 is 63.0 Å². The van der Waals surface area contributed by atoms with E-state index in [2.05, 4.69) is 0 Å². The van der Waals surface area contributed by atoms with Crippen LogP contribution in [0.25, 0.3) is 0 Å². The molecule has 67 heavy (non-hydrogen) atoms. The zero-order valence-electron chi connectivity index (χ0n) is 42.0. The molecular formula is C53H83NO13. The molecule has 378 valence electrons. The van der Waals surface area contributed by atoms with E-state index in [1.165, 1.54) is 4.90 Å². The molecule has 4 rings (SSSR count). The summed E-state index contributed by atoms with van der Waals surface area (Å²) in [5, 5.41) is 32.7. The van der Waals surface area contributed by atoms with E-state index in [0.29, 0.717) is 63.4 Å². The average Bonchev–Trinajstić information content (AvgIpc) is 3.31. The Morgan fingerprint density at radius 3 is 2.28 bits per heavy atom. The number of carbonyl (C=O) groups is 5. The quantitative estimate of drug-likeness (QED) is 0.131. The number of Topliss-reactive ketones (excluding diaryl/α,β-unsaturated/α-hetero) is 3. The van der Waals surface area contributed by atoms with Crippen LogP contribution in [0, 0.1) is 41.4 Å². The highest BCUT2D eigenvalue weighted by molar-refractivity contribution is 6.39. The predicted molar refractivity (Wildman–Crippen MR) is 254 cm³/mol. The lowest BCUT2D eigenvalue weighted by Gasteiger charge is -2.42. The second-order valence-corrected chi connectivity index (χ2v) is 20.3. The Morgan fingerprint density at radius 2 is 1.60 bits per heavy atom. The zero-order chi connectivity index (χ0) is 49.6. The van der Waals surface area contributed by atoms with Gasteiger partial charge in [-0.3, -0.25) is 19.2 Å². The molecule has 3 fully saturated rings. The Bertz CT molecular complexity index is 1790. The van der Waals surface area contributed by atoms with Crippen LogP contribution in [0.4, 0.5) is 0 Å². The van der Waals surface area contributed by atoms with Crippen molar-refractivity contribution in [2.45, 2.75) is 181 Å². The maximum Gasteiger partial charge on any atom is 0.329 e. The molecule has 2 saturated heterocycles. The van der Waals surface area contributed by atoms with Gasteiger partial charge in [-0.2, -0.15) is 0 Å². The van der Waals surface area contributed by atoms with Gasteiger partial charge in [-0.15, -0.1) is 0 Å². The number of ether oxygens (including phenoxy) is 5. The summed E-state index contributed by atoms with van der Waals surface area (Å²) in [5.74, 6) is -8.14. The number of hydrogen-bond acceptors (Lipinski definition) is 13. The van der Waals surface area contributed by atoms with E-state index >= 15 is 0 Å². The first-order chi connectivity index (χ1) is 31.7. The maximum absolute atomic E-state index is 14.4. The number of amides is 1. The van der Waals surface area contributed by atoms with Crippen molar-refractivity contribution in [3.05, 3.63) is 47.6 Å². The highest BCUT2D eigenvalue weighted by Crippen LogP contribution is 2.38. The van der Waals surface area contributed by atoms with Crippen LogP contribution >= 0.6 is 0 Å². The van der Waals surface area contributed by atoms with Gasteiger partial charge < -0.3 is 43.9 Å². The van der Waals surface area contributed by atoms with Gasteiger partial charge in [0.25, 0.3) is 11.7 Å². The normalized spacial score (nSPS) is 38.3. The standard InChI is InChI=1S/C53H83NO13/c1-32-16-12-11-13-17-33(2)45(63-9)30-41-21-19-38(7)53(62,67-41)50(59)51(60)54-23-15-14-18-42(54)52(61)66-46(35(4)28-40-20-22-44(65-25-24-55)47(29-40)64-10)31-43(56)34(3)27-37(6)49(58)39(8)48(57)36(5)26-32/h11-13,16-17,27,32,34-36,38-42,44-47,49,55,58,62H,14-15,18-26,28-31H2,1-10H3/b13-11?,16-12+,33-17?,37-27+/t32-,34-,35-,36-,38-,39+,40+,41+,42+,44-,45+,46+,47-,49-,53-/m1/s1. The summed E-state index contributed by atoms with van der Waals surface area (Å²) in [6, 6.07) is -1.13. The lowest BCUT2D eigenvalue weighted by Crippen LogP contribution is -2.61. The van der Waals surface area contributed by atoms with Crippen LogP contribution in [0.15, 0.2) is 47.6 Å². The maximum atomic E-state index is 14.4. The van der Waals surface area contributed by atoms with Crippen molar-refractivity contribution in [3.63, 3.8) is 0 Å². The summed E-state index contributed by atoms with van der Waals surface area (Å²) in [6.07, 6.45) is 13.8. The predicted octanol–water partition coefficient (Wildman–Crippen LogP) is 6.82. The smallest absolute Gasteiger partial charge is 0.329 e. The molecule has 3 aliphatic heterocycles. The lowest BCUT2D eigenvalue weighted by atomic mass is 9.78. The molecule has 0 aromatic rings. The monoisotopic (exact) mass is 942 g/mol. The Labute approximate surface area is 399 Å². The highest BCUT2D eigenvalue weighted by atomic mass is 16.6. The minimum atomic E-state index is -2.43. The van der Waals surface area contributed by atoms with Gasteiger partial charge in [0.2, 0.25) is 5.79 Å². The molecule has 0 aromatic heterocycles. The fourth-order valence-corrected chi connectivity index (χ4v) is 10.6. The van der Waals surface area contributed by atoms with Crippen LogP contribution in [0.3, 0.4) is 0 Å². The number of aliphatic hydroxyl groups is 3. The molecule has 14 heteroatoms. The average molecular weight is 942 g/mol. The van der Waals surface area contributed by atoms with Crippen LogP contribution in [0.1, 0.15) is 132 Å². The number of carbonyl (C=O) groups excluding carboxylic acids is 5. The van der Waals surface area contributed by atoms with Gasteiger partial charge in [0.1, 0.15) is 23.7 Å². The van der Waals surface area contributed by atoms with Gasteiger partial charge in [-0.1, -0.05) is 78.0 Å². The van der Waals surface area contributed by atoms with Crippen LogP contribution in [-0.4, -0.2) is 132 Å². The number of aliphatic hydroxyl groups excluding tert-OH is 2. The molecule has 0 spiro atoms. The third kappa shape index (κ3) is 15.3. The molecule has 3 N–H and O–H groups in total. The number of fused-ring (bicyclic) bond motifs is 3. The molecule has 1 saturated carbocycles. The minimum absolute atomic E-state index is 0.0690. The number of ketones is 3. The van der Waals surface area contributed by atoms with E-state index in [-0.39, 0.29) is 80.0 Å². The number of rotatable bonds is 8. The summed E-state index contributed by atoms with van der Waals surface area (Å²) < 4.78 is 30.0. The molecule has 1 aliphatic carbocycles. The number of piperidine rings is 1. The van der Waals surface area contributed by atoms with E-state index in [4.69, 9.17) is 23.7 Å². The van der Waals surface area contributed by atoms with Crippen molar-refractivity contribution in [1.82, 2.24) is 4.90 Å². The number of cyclic esters (lactones) is 1. The first-order valence-electron chi connectivity index (χ1n) is 24.9. The summed E-state index contributed by atoms with van der Waals surface area (Å²) >= 11 is 0. The van der Waals surface area contributed by atoms with Gasteiger partial charge in [0, 0.05) is 57.3 Å². The van der Waals surface area contributed by atoms with Crippen molar-refractivity contribution in [1.29, 1.82) is 0 Å². The van der Waals surface area contributed by atoms with Crippen molar-refractivity contribution >= 4 is 29.2 Å². The van der Waals surface area contributed by atoms with E-state index < -0.39 is 71.7 Å². The van der Waals surface area contributed by atoms with Gasteiger partial charge in [-0.05, 0) is 107 Å². The first-order valence-corrected chi connectivity index (χ1v) is 24.9. The lowest BCUT2D eigenvalue weighted by molar-refractivity contribution is -0.265. The van der Waals surface area contributed by atoms with Crippen molar-refractivity contribution in [2.75, 3.05) is 34.0 Å². The van der Waals surface area contributed by atoms with E-state index in [1.807, 2.05) is 58.1 Å². The van der Waals surface area contributed by atoms with Crippen LogP contribution in [0.2, 0.25) is 0 Å². The largest absolute Gasteiger partial charge is 0.460 e. The first kappa shape index (κ1) is 56.2. The topological polar surface area (TPSA) is 195 Å². The SMILES string of the molecule is CO[C@H]1C[C@@H]2CC[C@@H](C)[C@@](O)(O2)C(=O)C(=O)N2CCCC[C@H]2C(=O)O[C@H]([C@H](C)C[C@@H]2CC[C@@H](OCCO)[C@H](OC)C2)CC(=O)[C@H](C)/C=C(\C)[C@@H](O)[C@@H](C)C(=O)[C@H](C)C[C@H](C)/C=C/C=CC=C1C. The minimum Gasteiger partial charge on any atom is -0.460 e. The molecule has 0 unspecified atom stereocenters. The second-order valence-electron chi connectivity index (χ2n) is 20.3. The fourth-order valence-electron chi connectivity index (χ4n) is 10.6. The number of allylic oxidation sites excluding steroid dienone is 6. The number of esters is 1. The molecule has 1 amide bonds.